The van der Waals surface area contributed by atoms with Crippen LogP contribution in [-0.2, 0) is 4.74 Å². The standard InChI is InChI=1S/C18H28O4/c1-13(2)21-12-11-17(3,4)22-15-9-7-14(8-10-15)16(19)18(5,6)20/h7-10,13,20H,11-12H2,1-6H3. The Morgan fingerprint density at radius 3 is 2.14 bits per heavy atom. The zero-order chi connectivity index (χ0) is 17.0. The second-order valence-corrected chi connectivity index (χ2v) is 6.94. The monoisotopic (exact) mass is 308 g/mol. The summed E-state index contributed by atoms with van der Waals surface area (Å²) in [6.07, 6.45) is 0.984. The lowest BCUT2D eigenvalue weighted by molar-refractivity contribution is 0.0231. The van der Waals surface area contributed by atoms with Crippen LogP contribution in [0.5, 0.6) is 5.75 Å². The van der Waals surface area contributed by atoms with Crippen molar-refractivity contribution in [2.45, 2.75) is 65.3 Å². The fraction of sp³-hybridized carbons (Fsp3) is 0.611. The van der Waals surface area contributed by atoms with Crippen molar-refractivity contribution < 1.29 is 19.4 Å². The smallest absolute Gasteiger partial charge is 0.193 e. The number of rotatable bonds is 8. The van der Waals surface area contributed by atoms with E-state index in [2.05, 4.69) is 0 Å². The third-order valence-corrected chi connectivity index (χ3v) is 3.22. The van der Waals surface area contributed by atoms with Crippen LogP contribution in [0.4, 0.5) is 0 Å². The molecule has 0 amide bonds. The van der Waals surface area contributed by atoms with E-state index in [1.165, 1.54) is 13.8 Å². The number of hydrogen-bond acceptors (Lipinski definition) is 4. The van der Waals surface area contributed by atoms with Crippen molar-refractivity contribution in [3.63, 3.8) is 0 Å². The van der Waals surface area contributed by atoms with Gasteiger partial charge in [0.1, 0.15) is 17.0 Å². The van der Waals surface area contributed by atoms with Gasteiger partial charge in [0.25, 0.3) is 0 Å². The van der Waals surface area contributed by atoms with Gasteiger partial charge in [0.15, 0.2) is 5.78 Å². The second-order valence-electron chi connectivity index (χ2n) is 6.94. The van der Waals surface area contributed by atoms with Crippen molar-refractivity contribution in [2.75, 3.05) is 6.61 Å². The van der Waals surface area contributed by atoms with Crippen molar-refractivity contribution in [1.82, 2.24) is 0 Å². The first-order chi connectivity index (χ1) is 10.0. The van der Waals surface area contributed by atoms with Crippen LogP contribution >= 0.6 is 0 Å². The first-order valence-corrected chi connectivity index (χ1v) is 7.69. The van der Waals surface area contributed by atoms with Crippen LogP contribution in [0.1, 0.15) is 58.3 Å². The Labute approximate surface area is 133 Å². The highest BCUT2D eigenvalue weighted by atomic mass is 16.5. The molecule has 0 heterocycles. The van der Waals surface area contributed by atoms with Gasteiger partial charge in [-0.15, -0.1) is 0 Å². The van der Waals surface area contributed by atoms with Gasteiger partial charge in [-0.3, -0.25) is 4.79 Å². The first kappa shape index (κ1) is 18.7. The van der Waals surface area contributed by atoms with E-state index >= 15 is 0 Å². The van der Waals surface area contributed by atoms with Crippen LogP contribution < -0.4 is 4.74 Å². The normalized spacial score (nSPS) is 12.5. The highest BCUT2D eigenvalue weighted by Crippen LogP contribution is 2.23. The number of aliphatic hydroxyl groups is 1. The number of benzene rings is 1. The molecule has 0 spiro atoms. The molecular weight excluding hydrogens is 280 g/mol. The number of ether oxygens (including phenoxy) is 2. The third-order valence-electron chi connectivity index (χ3n) is 3.22. The molecule has 0 aliphatic heterocycles. The fourth-order valence-corrected chi connectivity index (χ4v) is 1.94. The molecule has 0 fully saturated rings. The van der Waals surface area contributed by atoms with Gasteiger partial charge in [-0.2, -0.15) is 0 Å². The van der Waals surface area contributed by atoms with E-state index in [-0.39, 0.29) is 17.5 Å². The summed E-state index contributed by atoms with van der Waals surface area (Å²) in [4.78, 5) is 12.0. The molecule has 0 saturated heterocycles. The number of ketones is 1. The lowest BCUT2D eigenvalue weighted by Gasteiger charge is -2.27. The molecule has 0 unspecified atom stereocenters. The van der Waals surface area contributed by atoms with Crippen LogP contribution in [0.2, 0.25) is 0 Å². The number of hydrogen-bond donors (Lipinski definition) is 1. The van der Waals surface area contributed by atoms with Gasteiger partial charge in [0, 0.05) is 12.0 Å². The van der Waals surface area contributed by atoms with Crippen molar-refractivity contribution in [2.24, 2.45) is 0 Å². The van der Waals surface area contributed by atoms with Crippen molar-refractivity contribution in [3.05, 3.63) is 29.8 Å². The summed E-state index contributed by atoms with van der Waals surface area (Å²) in [5.41, 5.74) is -1.24. The molecule has 124 valence electrons. The Morgan fingerprint density at radius 2 is 1.68 bits per heavy atom. The molecular formula is C18H28O4. The molecule has 4 nitrogen and oxygen atoms in total. The molecule has 0 bridgehead atoms. The number of Topliss-reactive ketones (excluding diaryl/α,β-unsaturated/α-hetero) is 1. The predicted molar refractivity (Wildman–Crippen MR) is 87.5 cm³/mol. The van der Waals surface area contributed by atoms with Crippen molar-refractivity contribution in [3.8, 4) is 5.75 Å². The Bertz CT molecular complexity index is 481. The van der Waals surface area contributed by atoms with E-state index in [1.807, 2.05) is 27.7 Å². The molecule has 0 radical (unpaired) electrons. The SMILES string of the molecule is CC(C)OCCC(C)(C)Oc1ccc(C(=O)C(C)(C)O)cc1. The Balaban J connectivity index is 2.65. The average Bonchev–Trinajstić information content (AvgIpc) is 2.36. The Kier molecular flexibility index (Phi) is 6.15. The summed E-state index contributed by atoms with van der Waals surface area (Å²) in [7, 11) is 0. The summed E-state index contributed by atoms with van der Waals surface area (Å²) < 4.78 is 11.5. The van der Waals surface area contributed by atoms with E-state index in [9.17, 15) is 9.90 Å². The van der Waals surface area contributed by atoms with Gasteiger partial charge in [-0.25, -0.2) is 0 Å². The van der Waals surface area contributed by atoms with E-state index < -0.39 is 5.60 Å². The van der Waals surface area contributed by atoms with Crippen LogP contribution in [-0.4, -0.2) is 34.8 Å². The summed E-state index contributed by atoms with van der Waals surface area (Å²) in [5, 5.41) is 9.74. The predicted octanol–water partition coefficient (Wildman–Crippen LogP) is 3.61. The quantitative estimate of drug-likeness (QED) is 0.745. The molecule has 0 aliphatic rings. The van der Waals surface area contributed by atoms with Gasteiger partial charge in [-0.05, 0) is 65.8 Å². The molecule has 1 aromatic rings. The van der Waals surface area contributed by atoms with E-state index in [0.717, 1.165) is 6.42 Å². The minimum atomic E-state index is -1.37. The molecule has 4 heteroatoms. The lowest BCUT2D eigenvalue weighted by atomic mass is 9.97. The maximum atomic E-state index is 12.0. The molecule has 1 N–H and O–H groups in total. The van der Waals surface area contributed by atoms with Crippen molar-refractivity contribution in [1.29, 1.82) is 0 Å². The molecule has 22 heavy (non-hydrogen) atoms. The Morgan fingerprint density at radius 1 is 1.14 bits per heavy atom. The Hall–Kier alpha value is -1.39. The highest BCUT2D eigenvalue weighted by Gasteiger charge is 2.25. The molecule has 1 aromatic carbocycles. The van der Waals surface area contributed by atoms with E-state index in [0.29, 0.717) is 17.9 Å². The van der Waals surface area contributed by atoms with Crippen LogP contribution in [0.3, 0.4) is 0 Å². The summed E-state index contributed by atoms with van der Waals surface area (Å²) in [5.74, 6) is 0.394. The zero-order valence-electron chi connectivity index (χ0n) is 14.5. The molecule has 0 aliphatic carbocycles. The minimum absolute atomic E-state index is 0.211. The lowest BCUT2D eigenvalue weighted by Crippen LogP contribution is -2.31. The highest BCUT2D eigenvalue weighted by molar-refractivity contribution is 6.01. The molecule has 0 saturated carbocycles. The summed E-state index contributed by atoms with van der Waals surface area (Å²) in [6.45, 7) is 11.6. The second kappa shape index (κ2) is 7.25. The summed E-state index contributed by atoms with van der Waals surface area (Å²) in [6, 6.07) is 6.86. The maximum Gasteiger partial charge on any atom is 0.193 e. The first-order valence-electron chi connectivity index (χ1n) is 7.69. The molecule has 0 atom stereocenters. The maximum absolute atomic E-state index is 12.0. The van der Waals surface area contributed by atoms with Gasteiger partial charge in [-0.1, -0.05) is 0 Å². The molecule has 1 rings (SSSR count). The van der Waals surface area contributed by atoms with Crippen molar-refractivity contribution >= 4 is 5.78 Å². The topological polar surface area (TPSA) is 55.8 Å². The zero-order valence-corrected chi connectivity index (χ0v) is 14.5. The van der Waals surface area contributed by atoms with Gasteiger partial charge in [0.2, 0.25) is 0 Å². The van der Waals surface area contributed by atoms with Gasteiger partial charge < -0.3 is 14.6 Å². The van der Waals surface area contributed by atoms with E-state index in [4.69, 9.17) is 9.47 Å². The van der Waals surface area contributed by atoms with Crippen LogP contribution in [0, 0.1) is 0 Å². The summed E-state index contributed by atoms with van der Waals surface area (Å²) >= 11 is 0. The van der Waals surface area contributed by atoms with Gasteiger partial charge >= 0.3 is 0 Å². The number of carbonyl (C=O) groups is 1. The average molecular weight is 308 g/mol. The van der Waals surface area contributed by atoms with Crippen LogP contribution in [0.25, 0.3) is 0 Å². The van der Waals surface area contributed by atoms with Gasteiger partial charge in [0.05, 0.1) is 12.7 Å². The number of carbonyl (C=O) groups excluding carboxylic acids is 1. The molecule has 0 aromatic heterocycles. The fourth-order valence-electron chi connectivity index (χ4n) is 1.94. The van der Waals surface area contributed by atoms with E-state index in [1.54, 1.807) is 24.3 Å². The third kappa shape index (κ3) is 6.16. The largest absolute Gasteiger partial charge is 0.488 e. The minimum Gasteiger partial charge on any atom is -0.488 e. The van der Waals surface area contributed by atoms with Crippen LogP contribution in [0.15, 0.2) is 24.3 Å².